The highest BCUT2D eigenvalue weighted by Crippen LogP contribution is 2.08. The van der Waals surface area contributed by atoms with Gasteiger partial charge in [0.25, 0.3) is 10.0 Å². The van der Waals surface area contributed by atoms with Gasteiger partial charge in [0.2, 0.25) is 0 Å². The van der Waals surface area contributed by atoms with Crippen molar-refractivity contribution in [3.05, 3.63) is 12.5 Å². The minimum Gasteiger partial charge on any atom is -0.336 e. The van der Waals surface area contributed by atoms with E-state index in [0.717, 1.165) is 13.0 Å². The first-order valence-electron chi connectivity index (χ1n) is 5.36. The molecule has 0 aliphatic carbocycles. The molecule has 6 nitrogen and oxygen atoms in total. The fourth-order valence-electron chi connectivity index (χ4n) is 1.69. The van der Waals surface area contributed by atoms with Crippen molar-refractivity contribution in [3.8, 4) is 0 Å². The molecule has 1 aliphatic heterocycles. The first kappa shape index (κ1) is 14.4. The summed E-state index contributed by atoms with van der Waals surface area (Å²) < 4.78 is 28.2. The number of hydrogen-bond donors (Lipinski definition) is 2. The van der Waals surface area contributed by atoms with Gasteiger partial charge in [0.15, 0.2) is 5.03 Å². The summed E-state index contributed by atoms with van der Waals surface area (Å²) in [6, 6.07) is -0.0169. The van der Waals surface area contributed by atoms with Crippen molar-refractivity contribution in [2.24, 2.45) is 0 Å². The van der Waals surface area contributed by atoms with Gasteiger partial charge < -0.3 is 9.88 Å². The van der Waals surface area contributed by atoms with Crippen LogP contribution in [0.1, 0.15) is 13.3 Å². The third-order valence-corrected chi connectivity index (χ3v) is 4.04. The number of nitrogens with zero attached hydrogens (tertiary/aromatic N) is 2. The molecular weight excluding hydrogens is 264 g/mol. The van der Waals surface area contributed by atoms with Crippen molar-refractivity contribution >= 4 is 22.4 Å². The Hall–Kier alpha value is -0.630. The molecule has 1 aromatic heterocycles. The van der Waals surface area contributed by atoms with Crippen LogP contribution >= 0.6 is 12.4 Å². The molecule has 2 rings (SSSR count). The molecule has 2 N–H and O–H groups in total. The molecule has 1 unspecified atom stereocenters. The zero-order valence-corrected chi connectivity index (χ0v) is 11.2. The van der Waals surface area contributed by atoms with Gasteiger partial charge in [-0.1, -0.05) is 0 Å². The maximum Gasteiger partial charge on any atom is 0.259 e. The zero-order chi connectivity index (χ0) is 11.6. The summed E-state index contributed by atoms with van der Waals surface area (Å²) in [5.74, 6) is 0. The van der Waals surface area contributed by atoms with E-state index < -0.39 is 10.0 Å². The Morgan fingerprint density at radius 1 is 1.65 bits per heavy atom. The lowest BCUT2D eigenvalue weighted by molar-refractivity contribution is 0.557. The Bertz CT molecular complexity index is 453. The molecule has 2 heterocycles. The number of hydrogen-bond acceptors (Lipinski definition) is 4. The Balaban J connectivity index is 0.00000144. The summed E-state index contributed by atoms with van der Waals surface area (Å²) in [5, 5.41) is 3.21. The number of sulfonamides is 1. The Morgan fingerprint density at radius 3 is 2.94 bits per heavy atom. The molecule has 0 saturated carbocycles. The number of halogens is 1. The second-order valence-corrected chi connectivity index (χ2v) is 5.51. The van der Waals surface area contributed by atoms with Gasteiger partial charge >= 0.3 is 0 Å². The first-order valence-corrected chi connectivity index (χ1v) is 6.85. The minimum absolute atomic E-state index is 0. The van der Waals surface area contributed by atoms with E-state index in [9.17, 15) is 8.42 Å². The lowest BCUT2D eigenvalue weighted by Gasteiger charge is -2.09. The maximum atomic E-state index is 11.9. The average Bonchev–Trinajstić information content (AvgIpc) is 2.85. The van der Waals surface area contributed by atoms with E-state index in [-0.39, 0.29) is 23.5 Å². The van der Waals surface area contributed by atoms with Crippen LogP contribution in [0.4, 0.5) is 0 Å². The van der Waals surface area contributed by atoms with Crippen molar-refractivity contribution in [1.82, 2.24) is 19.6 Å². The van der Waals surface area contributed by atoms with Crippen LogP contribution < -0.4 is 10.0 Å². The molecule has 1 saturated heterocycles. The van der Waals surface area contributed by atoms with Crippen molar-refractivity contribution in [2.45, 2.75) is 31.0 Å². The fourth-order valence-corrected chi connectivity index (χ4v) is 2.91. The summed E-state index contributed by atoms with van der Waals surface area (Å²) in [6.07, 6.45) is 3.90. The summed E-state index contributed by atoms with van der Waals surface area (Å²) in [7, 11) is -3.45. The number of nitrogens with one attached hydrogen (secondary N) is 2. The summed E-state index contributed by atoms with van der Waals surface area (Å²) in [4.78, 5) is 3.89. The molecule has 1 atom stereocenters. The van der Waals surface area contributed by atoms with Crippen LogP contribution in [0.15, 0.2) is 17.6 Å². The van der Waals surface area contributed by atoms with E-state index in [2.05, 4.69) is 15.0 Å². The third-order valence-electron chi connectivity index (χ3n) is 2.63. The van der Waals surface area contributed by atoms with Crippen LogP contribution in [0.25, 0.3) is 0 Å². The second-order valence-electron chi connectivity index (χ2n) is 3.85. The van der Waals surface area contributed by atoms with E-state index in [4.69, 9.17) is 0 Å². The van der Waals surface area contributed by atoms with Crippen molar-refractivity contribution in [3.63, 3.8) is 0 Å². The molecule has 17 heavy (non-hydrogen) atoms. The van der Waals surface area contributed by atoms with Crippen LogP contribution in [0.3, 0.4) is 0 Å². The normalized spacial score (nSPS) is 20.2. The van der Waals surface area contributed by atoms with Crippen molar-refractivity contribution < 1.29 is 8.42 Å². The SMILES string of the molecule is CCn1cnc(S(=O)(=O)NC2CCNC2)c1.Cl. The highest BCUT2D eigenvalue weighted by molar-refractivity contribution is 7.89. The van der Waals surface area contributed by atoms with E-state index in [1.54, 1.807) is 10.8 Å². The van der Waals surface area contributed by atoms with Crippen LogP contribution in [0.2, 0.25) is 0 Å². The van der Waals surface area contributed by atoms with Gasteiger partial charge in [0, 0.05) is 25.3 Å². The smallest absolute Gasteiger partial charge is 0.259 e. The number of imidazole rings is 1. The Morgan fingerprint density at radius 2 is 2.41 bits per heavy atom. The predicted octanol–water partition coefficient (Wildman–Crippen LogP) is -0.0350. The third kappa shape index (κ3) is 3.41. The summed E-state index contributed by atoms with van der Waals surface area (Å²) in [6.45, 7) is 4.20. The van der Waals surface area contributed by atoms with Crippen LogP contribution in [-0.4, -0.2) is 37.1 Å². The molecule has 0 spiro atoms. The molecule has 1 aromatic rings. The molecular formula is C9H17ClN4O2S. The van der Waals surface area contributed by atoms with Gasteiger partial charge in [-0.25, -0.2) is 18.1 Å². The number of aromatic nitrogens is 2. The standard InChI is InChI=1S/C9H16N4O2S.ClH/c1-2-13-6-9(11-7-13)16(14,15)12-8-3-4-10-5-8;/h6-8,10,12H,2-5H2,1H3;1H. The van der Waals surface area contributed by atoms with Gasteiger partial charge in [0.05, 0.1) is 6.33 Å². The summed E-state index contributed by atoms with van der Waals surface area (Å²) >= 11 is 0. The largest absolute Gasteiger partial charge is 0.336 e. The quantitative estimate of drug-likeness (QED) is 0.812. The van der Waals surface area contributed by atoms with Crippen LogP contribution in [0.5, 0.6) is 0 Å². The van der Waals surface area contributed by atoms with E-state index in [0.29, 0.717) is 13.1 Å². The highest BCUT2D eigenvalue weighted by atomic mass is 35.5. The van der Waals surface area contributed by atoms with Gasteiger partial charge in [-0.05, 0) is 19.9 Å². The average molecular weight is 281 g/mol. The van der Waals surface area contributed by atoms with Crippen LogP contribution in [0, 0.1) is 0 Å². The maximum absolute atomic E-state index is 11.9. The lowest BCUT2D eigenvalue weighted by Crippen LogP contribution is -2.36. The van der Waals surface area contributed by atoms with Gasteiger partial charge in [-0.15, -0.1) is 12.4 Å². The monoisotopic (exact) mass is 280 g/mol. The molecule has 98 valence electrons. The molecule has 0 aromatic carbocycles. The Labute approximate surface area is 107 Å². The second kappa shape index (κ2) is 5.81. The molecule has 0 amide bonds. The van der Waals surface area contributed by atoms with Gasteiger partial charge in [0.1, 0.15) is 0 Å². The van der Waals surface area contributed by atoms with E-state index >= 15 is 0 Å². The Kier molecular flexibility index (Phi) is 4.93. The predicted molar refractivity (Wildman–Crippen MR) is 66.7 cm³/mol. The van der Waals surface area contributed by atoms with Crippen LogP contribution in [-0.2, 0) is 16.6 Å². The highest BCUT2D eigenvalue weighted by Gasteiger charge is 2.24. The summed E-state index contributed by atoms with van der Waals surface area (Å²) in [5.41, 5.74) is 0. The zero-order valence-electron chi connectivity index (χ0n) is 9.59. The van der Waals surface area contributed by atoms with Gasteiger partial charge in [-0.3, -0.25) is 0 Å². The molecule has 0 bridgehead atoms. The van der Waals surface area contributed by atoms with Crippen molar-refractivity contribution in [1.29, 1.82) is 0 Å². The van der Waals surface area contributed by atoms with Gasteiger partial charge in [-0.2, -0.15) is 0 Å². The van der Waals surface area contributed by atoms with Crippen molar-refractivity contribution in [2.75, 3.05) is 13.1 Å². The van der Waals surface area contributed by atoms with E-state index in [1.807, 2.05) is 6.92 Å². The first-order chi connectivity index (χ1) is 7.62. The molecule has 1 fully saturated rings. The minimum atomic E-state index is -3.45. The number of aryl methyl sites for hydroxylation is 1. The molecule has 1 aliphatic rings. The lowest BCUT2D eigenvalue weighted by atomic mass is 10.3. The van der Waals surface area contributed by atoms with E-state index in [1.165, 1.54) is 6.33 Å². The topological polar surface area (TPSA) is 76.0 Å². The number of rotatable bonds is 4. The molecule has 0 radical (unpaired) electrons. The fraction of sp³-hybridized carbons (Fsp3) is 0.667. The molecule has 8 heteroatoms.